The first-order valence-electron chi connectivity index (χ1n) is 12.3. The highest BCUT2D eigenvalue weighted by molar-refractivity contribution is 6.04. The zero-order valence-electron chi connectivity index (χ0n) is 20.5. The fraction of sp³-hybridized carbons (Fsp3) is 0.267. The van der Waals surface area contributed by atoms with Gasteiger partial charge in [0.05, 0.1) is 0 Å². The van der Waals surface area contributed by atoms with Gasteiger partial charge in [-0.2, -0.15) is 0 Å². The van der Waals surface area contributed by atoms with Gasteiger partial charge in [0, 0.05) is 49.9 Å². The number of hydrogen-bond acceptors (Lipinski definition) is 4. The average Bonchev–Trinajstić information content (AvgIpc) is 2.92. The maximum atomic E-state index is 12.7. The lowest BCUT2D eigenvalue weighted by atomic mass is 9.88. The molecule has 3 aromatic rings. The van der Waals surface area contributed by atoms with Crippen molar-refractivity contribution in [2.45, 2.75) is 32.1 Å². The Bertz CT molecular complexity index is 1230. The van der Waals surface area contributed by atoms with Gasteiger partial charge in [-0.1, -0.05) is 54.6 Å². The van der Waals surface area contributed by atoms with Gasteiger partial charge in [0.1, 0.15) is 11.6 Å². The molecule has 3 aromatic carbocycles. The van der Waals surface area contributed by atoms with E-state index >= 15 is 0 Å². The molecular formula is C30H31N3O3. The Balaban J connectivity index is 1.37. The Morgan fingerprint density at radius 3 is 2.17 bits per heavy atom. The van der Waals surface area contributed by atoms with Gasteiger partial charge in [0.25, 0.3) is 5.91 Å². The largest absolute Gasteiger partial charge is 0.366 e. The minimum Gasteiger partial charge on any atom is -0.366 e. The van der Waals surface area contributed by atoms with Crippen LogP contribution in [0.15, 0.2) is 90.6 Å². The molecule has 0 atom stereocenters. The molecule has 0 aromatic heterocycles. The van der Waals surface area contributed by atoms with E-state index in [0.29, 0.717) is 24.2 Å². The highest BCUT2D eigenvalue weighted by Gasteiger charge is 2.25. The summed E-state index contributed by atoms with van der Waals surface area (Å²) in [5.41, 5.74) is 3.99. The van der Waals surface area contributed by atoms with Crippen LogP contribution in [-0.4, -0.2) is 42.3 Å². The van der Waals surface area contributed by atoms with Gasteiger partial charge in [-0.15, -0.1) is 0 Å². The van der Waals surface area contributed by atoms with Gasteiger partial charge in [0.15, 0.2) is 0 Å². The van der Waals surface area contributed by atoms with Gasteiger partial charge in [-0.25, -0.2) is 4.79 Å². The van der Waals surface area contributed by atoms with Crippen LogP contribution in [0.3, 0.4) is 0 Å². The molecule has 6 nitrogen and oxygen atoms in total. The summed E-state index contributed by atoms with van der Waals surface area (Å²) in [5, 5.41) is 3.07. The zero-order chi connectivity index (χ0) is 25.3. The monoisotopic (exact) mass is 481 g/mol. The first-order valence-corrected chi connectivity index (χ1v) is 12.3. The number of hydrogen-bond donors (Lipinski definition) is 1. The smallest absolute Gasteiger partial charge is 0.255 e. The molecule has 0 spiro atoms. The number of benzene rings is 3. The molecule has 0 aliphatic carbocycles. The summed E-state index contributed by atoms with van der Waals surface area (Å²) in [5.74, 6) is 2.22. The number of piperidine rings is 1. The molecule has 1 fully saturated rings. The van der Waals surface area contributed by atoms with E-state index in [1.54, 1.807) is 17.0 Å². The molecule has 0 unspecified atom stereocenters. The second-order valence-corrected chi connectivity index (χ2v) is 8.97. The summed E-state index contributed by atoms with van der Waals surface area (Å²) in [6.07, 6.45) is 2.17. The lowest BCUT2D eigenvalue weighted by Gasteiger charge is -2.35. The first kappa shape index (κ1) is 25.0. The van der Waals surface area contributed by atoms with Gasteiger partial charge in [-0.3, -0.25) is 9.59 Å². The molecular weight excluding hydrogens is 450 g/mol. The fourth-order valence-electron chi connectivity index (χ4n) is 4.78. The Morgan fingerprint density at radius 2 is 1.53 bits per heavy atom. The Hall–Kier alpha value is -4.15. The molecule has 1 aliphatic heterocycles. The zero-order valence-corrected chi connectivity index (χ0v) is 20.5. The van der Waals surface area contributed by atoms with Gasteiger partial charge in [0.2, 0.25) is 5.91 Å². The van der Waals surface area contributed by atoms with Crippen LogP contribution in [-0.2, 0) is 9.59 Å². The van der Waals surface area contributed by atoms with Crippen molar-refractivity contribution in [1.82, 2.24) is 4.90 Å². The Labute approximate surface area is 212 Å². The van der Waals surface area contributed by atoms with E-state index < -0.39 is 0 Å². The van der Waals surface area contributed by atoms with Crippen LogP contribution in [0.4, 0.5) is 11.4 Å². The number of amides is 2. The molecule has 1 aliphatic rings. The highest BCUT2D eigenvalue weighted by atomic mass is 16.2. The molecule has 0 bridgehead atoms. The minimum atomic E-state index is -0.125. The SMILES string of the molecule is CC(=O)N(CCC(=C=O)N1CCC(c2ccccc2NC(=O)c2ccccc2)CC1)c1ccccc1. The van der Waals surface area contributed by atoms with Crippen LogP contribution in [0.2, 0.25) is 0 Å². The average molecular weight is 482 g/mol. The number of likely N-dealkylation sites (tertiary alicyclic amines) is 1. The van der Waals surface area contributed by atoms with Crippen molar-refractivity contribution in [1.29, 1.82) is 0 Å². The second-order valence-electron chi connectivity index (χ2n) is 8.97. The third-order valence-corrected chi connectivity index (χ3v) is 6.70. The van der Waals surface area contributed by atoms with Gasteiger partial charge < -0.3 is 15.1 Å². The maximum absolute atomic E-state index is 12.7. The molecule has 184 valence electrons. The third-order valence-electron chi connectivity index (χ3n) is 6.70. The molecule has 36 heavy (non-hydrogen) atoms. The lowest BCUT2D eigenvalue weighted by molar-refractivity contribution is -0.116. The fourth-order valence-corrected chi connectivity index (χ4v) is 4.78. The Kier molecular flexibility index (Phi) is 8.32. The summed E-state index contributed by atoms with van der Waals surface area (Å²) in [4.78, 5) is 40.5. The summed E-state index contributed by atoms with van der Waals surface area (Å²) < 4.78 is 0. The van der Waals surface area contributed by atoms with Crippen LogP contribution in [0.1, 0.15) is 48.0 Å². The number of carbonyl (C=O) groups excluding carboxylic acids is 3. The molecule has 1 saturated heterocycles. The summed E-state index contributed by atoms with van der Waals surface area (Å²) >= 11 is 0. The quantitative estimate of drug-likeness (QED) is 0.445. The highest BCUT2D eigenvalue weighted by Crippen LogP contribution is 2.34. The molecule has 6 heteroatoms. The van der Waals surface area contributed by atoms with E-state index in [4.69, 9.17) is 0 Å². The van der Waals surface area contributed by atoms with E-state index in [9.17, 15) is 14.4 Å². The maximum Gasteiger partial charge on any atom is 0.255 e. The lowest BCUT2D eigenvalue weighted by Crippen LogP contribution is -2.36. The van der Waals surface area contributed by atoms with Crippen molar-refractivity contribution in [2.75, 3.05) is 29.9 Å². The molecule has 1 heterocycles. The molecule has 4 rings (SSSR count). The summed E-state index contributed by atoms with van der Waals surface area (Å²) in [6.45, 7) is 3.41. The van der Waals surface area contributed by atoms with Crippen molar-refractivity contribution in [3.8, 4) is 0 Å². The van der Waals surface area contributed by atoms with E-state index in [0.717, 1.165) is 42.9 Å². The summed E-state index contributed by atoms with van der Waals surface area (Å²) in [6, 6.07) is 26.6. The number of nitrogens with one attached hydrogen (secondary N) is 1. The summed E-state index contributed by atoms with van der Waals surface area (Å²) in [7, 11) is 0. The van der Waals surface area contributed by atoms with Gasteiger partial charge in [-0.05, 0) is 54.7 Å². The number of nitrogens with zero attached hydrogens (tertiary/aromatic N) is 2. The van der Waals surface area contributed by atoms with Crippen LogP contribution >= 0.6 is 0 Å². The number of rotatable bonds is 8. The number of para-hydroxylation sites is 2. The first-order chi connectivity index (χ1) is 17.6. The number of anilines is 2. The Morgan fingerprint density at radius 1 is 0.917 bits per heavy atom. The van der Waals surface area contributed by atoms with Crippen molar-refractivity contribution in [3.63, 3.8) is 0 Å². The van der Waals surface area contributed by atoms with Crippen LogP contribution in [0.5, 0.6) is 0 Å². The second kappa shape index (κ2) is 12.0. The van der Waals surface area contributed by atoms with E-state index in [1.807, 2.05) is 66.7 Å². The van der Waals surface area contributed by atoms with Crippen molar-refractivity contribution in [2.24, 2.45) is 0 Å². The molecule has 1 N–H and O–H groups in total. The van der Waals surface area contributed by atoms with Crippen LogP contribution in [0.25, 0.3) is 0 Å². The van der Waals surface area contributed by atoms with E-state index in [2.05, 4.69) is 22.2 Å². The van der Waals surface area contributed by atoms with Crippen molar-refractivity contribution in [3.05, 3.63) is 102 Å². The molecule has 0 saturated carbocycles. The molecule has 2 amide bonds. The van der Waals surface area contributed by atoms with Gasteiger partial charge >= 0.3 is 0 Å². The predicted molar refractivity (Wildman–Crippen MR) is 143 cm³/mol. The van der Waals surface area contributed by atoms with Crippen molar-refractivity contribution >= 4 is 29.1 Å². The van der Waals surface area contributed by atoms with Crippen LogP contribution < -0.4 is 10.2 Å². The van der Waals surface area contributed by atoms with E-state index in [1.165, 1.54) is 6.92 Å². The van der Waals surface area contributed by atoms with E-state index in [-0.39, 0.29) is 17.7 Å². The van der Waals surface area contributed by atoms with Crippen LogP contribution in [0, 0.1) is 0 Å². The minimum absolute atomic E-state index is 0.0562. The molecule has 0 radical (unpaired) electrons. The normalized spacial score (nSPS) is 13.5. The topological polar surface area (TPSA) is 69.7 Å². The standard InChI is InChI=1S/C30H31N3O3/c1-23(35)33(26-12-6-3-7-13-26)21-18-27(22-34)32-19-16-24(17-20-32)28-14-8-9-15-29(28)31-30(36)25-10-4-2-5-11-25/h2-15,24H,16-21H2,1H3,(H,31,36). The van der Waals surface area contributed by atoms with Crippen molar-refractivity contribution < 1.29 is 14.4 Å². The number of carbonyl (C=O) groups is 2. The predicted octanol–water partition coefficient (Wildman–Crippen LogP) is 5.28. The third kappa shape index (κ3) is 6.09.